The summed E-state index contributed by atoms with van der Waals surface area (Å²) in [5, 5.41) is 11.7. The van der Waals surface area contributed by atoms with Gasteiger partial charge >= 0.3 is 5.97 Å². The first-order chi connectivity index (χ1) is 19.3. The summed E-state index contributed by atoms with van der Waals surface area (Å²) in [7, 11) is -4.10. The molecular weight excluding hydrogens is 612 g/mol. The van der Waals surface area contributed by atoms with E-state index in [0.717, 1.165) is 32.4 Å². The van der Waals surface area contributed by atoms with E-state index in [-0.39, 0.29) is 11.3 Å². The van der Waals surface area contributed by atoms with Crippen LogP contribution in [0.5, 0.6) is 0 Å². The molecule has 1 atom stereocenters. The zero-order chi connectivity index (χ0) is 27.9. The number of nitrogens with zero attached hydrogens (tertiary/aromatic N) is 1. The smallest absolute Gasteiger partial charge is 0.322 e. The molecule has 0 bridgehead atoms. The second-order valence-corrected chi connectivity index (χ2v) is 13.1. The normalized spacial score (nSPS) is 12.6. The first-order valence-electron chi connectivity index (χ1n) is 12.3. The topological polar surface area (TPSA) is 110 Å². The lowest BCUT2D eigenvalue weighted by Gasteiger charge is -2.15. The van der Waals surface area contributed by atoms with E-state index in [0.29, 0.717) is 20.7 Å². The van der Waals surface area contributed by atoms with Crippen molar-refractivity contribution in [2.75, 3.05) is 0 Å². The molecule has 2 heterocycles. The molecule has 0 aliphatic carbocycles. The van der Waals surface area contributed by atoms with Crippen molar-refractivity contribution in [2.24, 2.45) is 0 Å². The number of halogens is 1. The number of hydrogen-bond donors (Lipinski definition) is 2. The Balaban J connectivity index is 1.33. The summed E-state index contributed by atoms with van der Waals surface area (Å²) < 4.78 is 35.4. The van der Waals surface area contributed by atoms with Gasteiger partial charge in [-0.1, -0.05) is 72.8 Å². The molecule has 200 valence electrons. The van der Waals surface area contributed by atoms with Crippen LogP contribution in [0.15, 0.2) is 110 Å². The lowest BCUT2D eigenvalue weighted by atomic mass is 10.0. The highest BCUT2D eigenvalue weighted by atomic mass is 79.9. The second-order valence-electron chi connectivity index (χ2n) is 9.15. The van der Waals surface area contributed by atoms with Crippen molar-refractivity contribution in [2.45, 2.75) is 17.4 Å². The van der Waals surface area contributed by atoms with Crippen molar-refractivity contribution in [1.29, 1.82) is 0 Å². The van der Waals surface area contributed by atoms with Crippen LogP contribution in [0.3, 0.4) is 0 Å². The number of sulfonamides is 1. The van der Waals surface area contributed by atoms with E-state index in [2.05, 4.69) is 25.6 Å². The number of rotatable bonds is 8. The first-order valence-corrected chi connectivity index (χ1v) is 15.4. The predicted octanol–water partition coefficient (Wildman–Crippen LogP) is 7.11. The minimum Gasteiger partial charge on any atom is -0.480 e. The summed E-state index contributed by atoms with van der Waals surface area (Å²) in [5.41, 5.74) is 4.54. The van der Waals surface area contributed by atoms with E-state index in [9.17, 15) is 18.3 Å². The van der Waals surface area contributed by atoms with Crippen LogP contribution in [0.1, 0.15) is 5.56 Å². The fraction of sp³-hybridized carbons (Fsp3) is 0.0667. The largest absolute Gasteiger partial charge is 0.480 e. The van der Waals surface area contributed by atoms with Crippen LogP contribution in [0, 0.1) is 0 Å². The second kappa shape index (κ2) is 10.6. The van der Waals surface area contributed by atoms with Crippen LogP contribution in [-0.4, -0.2) is 30.5 Å². The van der Waals surface area contributed by atoms with Gasteiger partial charge in [0.05, 0.1) is 15.5 Å². The van der Waals surface area contributed by atoms with Gasteiger partial charge in [0.25, 0.3) is 0 Å². The molecule has 0 unspecified atom stereocenters. The van der Waals surface area contributed by atoms with Crippen LogP contribution in [0.4, 0.5) is 0 Å². The van der Waals surface area contributed by atoms with Crippen molar-refractivity contribution < 1.29 is 22.7 Å². The van der Waals surface area contributed by atoms with Gasteiger partial charge in [-0.05, 0) is 52.2 Å². The highest BCUT2D eigenvalue weighted by Gasteiger charge is 2.26. The maximum absolute atomic E-state index is 13.1. The fourth-order valence-corrected chi connectivity index (χ4v) is 7.36. The van der Waals surface area contributed by atoms with Crippen molar-refractivity contribution >= 4 is 65.2 Å². The molecule has 0 amide bonds. The maximum Gasteiger partial charge on any atom is 0.322 e. The minimum absolute atomic E-state index is 0.0248. The molecule has 6 rings (SSSR count). The van der Waals surface area contributed by atoms with E-state index in [1.807, 2.05) is 48.5 Å². The molecule has 0 radical (unpaired) electrons. The Morgan fingerprint density at radius 3 is 2.38 bits per heavy atom. The van der Waals surface area contributed by atoms with Crippen LogP contribution in [-0.2, 0) is 21.2 Å². The molecular formula is C30H21BrN2O5S2. The van der Waals surface area contributed by atoms with Crippen LogP contribution >= 0.6 is 27.3 Å². The third-order valence-electron chi connectivity index (χ3n) is 6.57. The number of aliphatic carboxylic acids is 1. The van der Waals surface area contributed by atoms with Crippen LogP contribution in [0.2, 0.25) is 0 Å². The summed E-state index contributed by atoms with van der Waals surface area (Å²) in [4.78, 5) is 17.3. The quantitative estimate of drug-likeness (QED) is 0.185. The van der Waals surface area contributed by atoms with Gasteiger partial charge in [0.15, 0.2) is 3.92 Å². The molecule has 0 saturated carbocycles. The number of para-hydroxylation sites is 2. The van der Waals surface area contributed by atoms with Crippen molar-refractivity contribution in [3.63, 3.8) is 0 Å². The third kappa shape index (κ3) is 5.06. The number of nitrogens with one attached hydrogen (secondary N) is 1. The third-order valence-corrected chi connectivity index (χ3v) is 9.59. The first kappa shape index (κ1) is 26.4. The number of carbonyl (C=O) groups is 1. The van der Waals surface area contributed by atoms with E-state index >= 15 is 0 Å². The Hall–Kier alpha value is -3.83. The summed E-state index contributed by atoms with van der Waals surface area (Å²) in [6.45, 7) is 0. The Labute approximate surface area is 242 Å². The standard InChI is InChI=1S/C30H21BrN2O5S2/c31-30-32-26(28(39-30)23-11-6-10-22-21-9-4-5-12-25(21)38-27(22)23)19-13-15-20(16-14-19)40(36,37)33-24(29(34)35)17-18-7-2-1-3-8-18/h1-16,24,33H,17H2,(H,34,35)/t24-/m0/s1. The lowest BCUT2D eigenvalue weighted by molar-refractivity contribution is -0.138. The zero-order valence-electron chi connectivity index (χ0n) is 20.7. The number of hydrogen-bond acceptors (Lipinski definition) is 6. The highest BCUT2D eigenvalue weighted by Crippen LogP contribution is 2.43. The molecule has 6 aromatic rings. The van der Waals surface area contributed by atoms with Crippen molar-refractivity contribution in [3.8, 4) is 21.7 Å². The molecule has 4 aromatic carbocycles. The number of carboxylic acid groups (broad SMARTS) is 1. The molecule has 0 aliphatic heterocycles. The van der Waals surface area contributed by atoms with Gasteiger partial charge in [-0.2, -0.15) is 4.72 Å². The molecule has 7 nitrogen and oxygen atoms in total. The van der Waals surface area contributed by atoms with Gasteiger partial charge < -0.3 is 9.52 Å². The molecule has 0 fully saturated rings. The number of benzene rings is 4. The highest BCUT2D eigenvalue weighted by molar-refractivity contribution is 9.11. The van der Waals surface area contributed by atoms with E-state index in [4.69, 9.17) is 4.42 Å². The number of aromatic nitrogens is 1. The number of furan rings is 1. The number of fused-ring (bicyclic) bond motifs is 3. The van der Waals surface area contributed by atoms with Gasteiger partial charge in [-0.3, -0.25) is 4.79 Å². The molecule has 0 saturated heterocycles. The van der Waals surface area contributed by atoms with Gasteiger partial charge in [0.1, 0.15) is 17.2 Å². The number of carboxylic acids is 1. The van der Waals surface area contributed by atoms with Crippen molar-refractivity contribution in [1.82, 2.24) is 9.71 Å². The Morgan fingerprint density at radius 1 is 0.925 bits per heavy atom. The van der Waals surface area contributed by atoms with Crippen LogP contribution in [0.25, 0.3) is 43.6 Å². The number of thiazole rings is 1. The molecule has 0 spiro atoms. The van der Waals surface area contributed by atoms with Gasteiger partial charge in [-0.25, -0.2) is 13.4 Å². The molecule has 2 aromatic heterocycles. The predicted molar refractivity (Wildman–Crippen MR) is 160 cm³/mol. The SMILES string of the molecule is O=C(O)[C@H](Cc1ccccc1)NS(=O)(=O)c1ccc(-c2nc(Br)sc2-c2cccc3c2oc2ccccc23)cc1. The maximum atomic E-state index is 13.1. The average molecular weight is 634 g/mol. The van der Waals surface area contributed by atoms with Crippen molar-refractivity contribution in [3.05, 3.63) is 107 Å². The lowest BCUT2D eigenvalue weighted by Crippen LogP contribution is -2.42. The van der Waals surface area contributed by atoms with E-state index in [1.54, 1.807) is 36.4 Å². The van der Waals surface area contributed by atoms with Gasteiger partial charge in [0, 0.05) is 21.9 Å². The Morgan fingerprint density at radius 2 is 1.62 bits per heavy atom. The molecule has 10 heteroatoms. The minimum atomic E-state index is -4.10. The van der Waals surface area contributed by atoms with Gasteiger partial charge in [-0.15, -0.1) is 11.3 Å². The molecule has 0 aliphatic rings. The molecule has 40 heavy (non-hydrogen) atoms. The zero-order valence-corrected chi connectivity index (χ0v) is 24.0. The summed E-state index contributed by atoms with van der Waals surface area (Å²) in [6.07, 6.45) is 0.0248. The fourth-order valence-electron chi connectivity index (χ4n) is 4.67. The van der Waals surface area contributed by atoms with E-state index < -0.39 is 22.0 Å². The van der Waals surface area contributed by atoms with Crippen LogP contribution < -0.4 is 4.72 Å². The summed E-state index contributed by atoms with van der Waals surface area (Å²) in [5.74, 6) is -1.25. The molecule has 2 N–H and O–H groups in total. The monoisotopic (exact) mass is 632 g/mol. The summed E-state index contributed by atoms with van der Waals surface area (Å²) >= 11 is 4.96. The van der Waals surface area contributed by atoms with E-state index in [1.165, 1.54) is 23.5 Å². The van der Waals surface area contributed by atoms with Gasteiger partial charge in [0.2, 0.25) is 10.0 Å². The Bertz CT molecular complexity index is 1970. The Kier molecular flexibility index (Phi) is 7.01. The average Bonchev–Trinajstić information content (AvgIpc) is 3.53. The summed E-state index contributed by atoms with van der Waals surface area (Å²) in [6, 6.07) is 27.7.